The lowest BCUT2D eigenvalue weighted by atomic mass is 10.2. The highest BCUT2D eigenvalue weighted by Crippen LogP contribution is 2.02. The molecule has 0 heterocycles. The van der Waals surface area contributed by atoms with Gasteiger partial charge in [-0.1, -0.05) is 6.92 Å². The first-order valence-electron chi connectivity index (χ1n) is 5.41. The monoisotopic (exact) mass is 211 g/mol. The second kappa shape index (κ2) is 7.24. The highest BCUT2D eigenvalue weighted by molar-refractivity contribution is 5.78. The maximum absolute atomic E-state index is 11.5. The minimum Gasteiger partial charge on any atom is -0.353 e. The summed E-state index contributed by atoms with van der Waals surface area (Å²) in [7, 11) is 0. The van der Waals surface area contributed by atoms with Gasteiger partial charge in [0.25, 0.3) is 0 Å². The van der Waals surface area contributed by atoms with E-state index in [1.807, 2.05) is 32.6 Å². The summed E-state index contributed by atoms with van der Waals surface area (Å²) in [5, 5.41) is 11.4. The number of likely N-dealkylation sites (N-methyl/N-ethyl adjacent to an activating group) is 1. The van der Waals surface area contributed by atoms with Gasteiger partial charge in [0, 0.05) is 12.1 Å². The van der Waals surface area contributed by atoms with Crippen molar-refractivity contribution in [1.29, 1.82) is 5.26 Å². The Hall–Kier alpha value is -1.08. The SMILES string of the molecule is CCN(CC(=O)NC(C)C)C(C)CC#N. The van der Waals surface area contributed by atoms with Crippen molar-refractivity contribution in [2.24, 2.45) is 0 Å². The zero-order chi connectivity index (χ0) is 11.8. The second-order valence-corrected chi connectivity index (χ2v) is 4.00. The van der Waals surface area contributed by atoms with Gasteiger partial charge in [-0.05, 0) is 27.3 Å². The molecule has 0 aliphatic carbocycles. The van der Waals surface area contributed by atoms with Crippen LogP contribution in [0.5, 0.6) is 0 Å². The molecule has 1 unspecified atom stereocenters. The lowest BCUT2D eigenvalue weighted by Crippen LogP contribution is -2.43. The Balaban J connectivity index is 4.09. The maximum atomic E-state index is 11.5. The van der Waals surface area contributed by atoms with E-state index in [9.17, 15) is 4.79 Å². The summed E-state index contributed by atoms with van der Waals surface area (Å²) in [5.41, 5.74) is 0. The fourth-order valence-corrected chi connectivity index (χ4v) is 1.39. The number of hydrogen-bond acceptors (Lipinski definition) is 3. The first-order chi connectivity index (χ1) is 7.01. The van der Waals surface area contributed by atoms with Gasteiger partial charge in [0.2, 0.25) is 5.91 Å². The molecule has 0 fully saturated rings. The average Bonchev–Trinajstić information content (AvgIpc) is 2.13. The van der Waals surface area contributed by atoms with Gasteiger partial charge in [-0.15, -0.1) is 0 Å². The molecule has 0 aromatic carbocycles. The molecule has 0 radical (unpaired) electrons. The number of rotatable bonds is 6. The topological polar surface area (TPSA) is 56.1 Å². The Labute approximate surface area is 92.3 Å². The number of nitriles is 1. The predicted molar refractivity (Wildman–Crippen MR) is 60.2 cm³/mol. The summed E-state index contributed by atoms with van der Waals surface area (Å²) in [6, 6.07) is 2.43. The summed E-state index contributed by atoms with van der Waals surface area (Å²) in [4.78, 5) is 13.5. The van der Waals surface area contributed by atoms with Crippen molar-refractivity contribution < 1.29 is 4.79 Å². The lowest BCUT2D eigenvalue weighted by Gasteiger charge is -2.25. The van der Waals surface area contributed by atoms with Crippen molar-refractivity contribution >= 4 is 5.91 Å². The lowest BCUT2D eigenvalue weighted by molar-refractivity contribution is -0.123. The van der Waals surface area contributed by atoms with Gasteiger partial charge >= 0.3 is 0 Å². The third-order valence-electron chi connectivity index (χ3n) is 2.21. The fraction of sp³-hybridized carbons (Fsp3) is 0.818. The molecule has 86 valence electrons. The molecule has 0 rings (SSSR count). The predicted octanol–water partition coefficient (Wildman–Crippen LogP) is 1.14. The van der Waals surface area contributed by atoms with Crippen LogP contribution in [0, 0.1) is 11.3 Å². The van der Waals surface area contributed by atoms with Crippen molar-refractivity contribution in [2.75, 3.05) is 13.1 Å². The van der Waals surface area contributed by atoms with Crippen LogP contribution in [0.4, 0.5) is 0 Å². The summed E-state index contributed by atoms with van der Waals surface area (Å²) < 4.78 is 0. The van der Waals surface area contributed by atoms with Gasteiger partial charge < -0.3 is 5.32 Å². The van der Waals surface area contributed by atoms with Crippen LogP contribution in [-0.2, 0) is 4.79 Å². The number of nitrogens with one attached hydrogen (secondary N) is 1. The van der Waals surface area contributed by atoms with Crippen LogP contribution >= 0.6 is 0 Å². The summed E-state index contributed by atoms with van der Waals surface area (Å²) in [6.07, 6.45) is 0.461. The van der Waals surface area contributed by atoms with E-state index in [0.29, 0.717) is 13.0 Å². The van der Waals surface area contributed by atoms with E-state index in [1.54, 1.807) is 0 Å². The van der Waals surface area contributed by atoms with E-state index in [4.69, 9.17) is 5.26 Å². The Morgan fingerprint density at radius 1 is 1.47 bits per heavy atom. The highest BCUT2D eigenvalue weighted by Gasteiger charge is 2.15. The smallest absolute Gasteiger partial charge is 0.234 e. The number of carbonyl (C=O) groups is 1. The van der Waals surface area contributed by atoms with Crippen LogP contribution in [0.2, 0.25) is 0 Å². The van der Waals surface area contributed by atoms with Crippen molar-refractivity contribution in [2.45, 2.75) is 46.2 Å². The van der Waals surface area contributed by atoms with E-state index < -0.39 is 0 Å². The number of amides is 1. The Morgan fingerprint density at radius 3 is 2.47 bits per heavy atom. The van der Waals surface area contributed by atoms with E-state index in [-0.39, 0.29) is 18.0 Å². The fourth-order valence-electron chi connectivity index (χ4n) is 1.39. The maximum Gasteiger partial charge on any atom is 0.234 e. The van der Waals surface area contributed by atoms with Gasteiger partial charge in [-0.25, -0.2) is 0 Å². The molecule has 0 saturated heterocycles. The first kappa shape index (κ1) is 13.9. The average molecular weight is 211 g/mol. The number of hydrogen-bond donors (Lipinski definition) is 1. The summed E-state index contributed by atoms with van der Waals surface area (Å²) in [5.74, 6) is 0.0247. The Morgan fingerprint density at radius 2 is 2.07 bits per heavy atom. The van der Waals surface area contributed by atoms with E-state index in [2.05, 4.69) is 11.4 Å². The number of nitrogens with zero attached hydrogens (tertiary/aromatic N) is 2. The first-order valence-corrected chi connectivity index (χ1v) is 5.41. The van der Waals surface area contributed by atoms with Crippen LogP contribution in [0.3, 0.4) is 0 Å². The molecule has 1 amide bonds. The van der Waals surface area contributed by atoms with Crippen LogP contribution in [0.1, 0.15) is 34.1 Å². The second-order valence-electron chi connectivity index (χ2n) is 4.00. The molecule has 0 bridgehead atoms. The van der Waals surface area contributed by atoms with E-state index in [0.717, 1.165) is 6.54 Å². The van der Waals surface area contributed by atoms with Crippen molar-refractivity contribution in [3.63, 3.8) is 0 Å². The molecular formula is C11H21N3O. The molecule has 1 N–H and O–H groups in total. The molecule has 0 saturated carbocycles. The molecule has 0 aromatic rings. The molecule has 4 heteroatoms. The molecule has 0 spiro atoms. The van der Waals surface area contributed by atoms with E-state index >= 15 is 0 Å². The van der Waals surface area contributed by atoms with Crippen LogP contribution in [0.15, 0.2) is 0 Å². The van der Waals surface area contributed by atoms with E-state index in [1.165, 1.54) is 0 Å². The van der Waals surface area contributed by atoms with Gasteiger partial charge in [0.1, 0.15) is 0 Å². The van der Waals surface area contributed by atoms with Crippen molar-refractivity contribution in [1.82, 2.24) is 10.2 Å². The minimum absolute atomic E-state index is 0.0247. The van der Waals surface area contributed by atoms with Gasteiger partial charge in [-0.2, -0.15) is 5.26 Å². The Bertz CT molecular complexity index is 232. The molecule has 15 heavy (non-hydrogen) atoms. The highest BCUT2D eigenvalue weighted by atomic mass is 16.2. The Kier molecular flexibility index (Phi) is 6.72. The number of carbonyl (C=O) groups excluding carboxylic acids is 1. The normalized spacial score (nSPS) is 12.6. The van der Waals surface area contributed by atoms with Crippen LogP contribution < -0.4 is 5.32 Å². The molecule has 1 atom stereocenters. The van der Waals surface area contributed by atoms with Gasteiger partial charge in [0.15, 0.2) is 0 Å². The zero-order valence-corrected chi connectivity index (χ0v) is 10.1. The summed E-state index contributed by atoms with van der Waals surface area (Å²) in [6.45, 7) is 9.00. The van der Waals surface area contributed by atoms with Crippen LogP contribution in [-0.4, -0.2) is 36.0 Å². The van der Waals surface area contributed by atoms with Crippen LogP contribution in [0.25, 0.3) is 0 Å². The molecular weight excluding hydrogens is 190 g/mol. The minimum atomic E-state index is 0.0247. The van der Waals surface area contributed by atoms with Crippen molar-refractivity contribution in [3.8, 4) is 6.07 Å². The molecule has 0 aromatic heterocycles. The molecule has 0 aliphatic rings. The third kappa shape index (κ3) is 6.08. The molecule has 0 aliphatic heterocycles. The molecule has 4 nitrogen and oxygen atoms in total. The quantitative estimate of drug-likeness (QED) is 0.716. The summed E-state index contributed by atoms with van der Waals surface area (Å²) >= 11 is 0. The largest absolute Gasteiger partial charge is 0.353 e. The van der Waals surface area contributed by atoms with Gasteiger partial charge in [-0.3, -0.25) is 9.69 Å². The van der Waals surface area contributed by atoms with Crippen molar-refractivity contribution in [3.05, 3.63) is 0 Å². The van der Waals surface area contributed by atoms with Gasteiger partial charge in [0.05, 0.1) is 19.0 Å². The third-order valence-corrected chi connectivity index (χ3v) is 2.21. The zero-order valence-electron chi connectivity index (χ0n) is 10.1. The standard InChI is InChI=1S/C11H21N3O/c1-5-14(10(4)6-7-12)8-11(15)13-9(2)3/h9-10H,5-6,8H2,1-4H3,(H,13,15).